The van der Waals surface area contributed by atoms with E-state index in [9.17, 15) is 80.1 Å². The lowest BCUT2D eigenvalue weighted by Gasteiger charge is -2.55. The summed E-state index contributed by atoms with van der Waals surface area (Å²) in [7, 11) is 8.03. The molecule has 0 saturated carbocycles. The molecule has 0 unspecified atom stereocenters. The van der Waals surface area contributed by atoms with E-state index in [0.29, 0.717) is 6.42 Å². The molecule has 24 atom stereocenters. The largest absolute Gasteiger partial charge is 0.510 e. The zero-order valence-corrected chi connectivity index (χ0v) is 50.9. The van der Waals surface area contributed by atoms with Crippen LogP contribution in [0.5, 0.6) is 5.75 Å². The number of rotatable bonds is 9. The van der Waals surface area contributed by atoms with Gasteiger partial charge in [-0.25, -0.2) is 0 Å². The van der Waals surface area contributed by atoms with Gasteiger partial charge in [-0.15, -0.1) is 0 Å². The highest BCUT2D eigenvalue weighted by Gasteiger charge is 2.69. The molecule has 84 heavy (non-hydrogen) atoms. The Labute approximate surface area is 489 Å². The molecule has 0 spiro atoms. The number of primary amides is 1. The Bertz CT molecular complexity index is 2710. The van der Waals surface area contributed by atoms with Gasteiger partial charge in [-0.05, 0) is 108 Å². The normalized spacial score (nSPS) is 44.3. The minimum atomic E-state index is -3.02. The standard InChI is InChI=1S/C37H67NO13.C22H24N2O9/c1-14-25-37(10,45)30(41)20(4)27(39)18(2)16-35(8,44)32(51-34-28(40)24(38(11)12)15-19(3)47-34)21(5)29(22(6)33(43)49-25)50-26-17-36(9,46-13)31(42)23(7)48-26;1-21(32)7-5-4-6-8(25)9(7)15(26)10-12(21)17(28)13-14(24(2)3)16(27)11(20(23)31)19(30)22(13,33)18(10)29/h18-26,28-32,34,40-42,44-45H,14-17H2,1-13H3;4-6,12-14,17,25,27-29,32-33H,1-3H3,(H2,23,31)/t18-,19-,20+,21+,22-,23+,24+,25-,26+,28-,29+,30-,31+,32-,34+,35-,36-,37-;12-,13-,14+,17+,21-,22+/m11/s1. The van der Waals surface area contributed by atoms with Crippen LogP contribution in [0.15, 0.2) is 40.9 Å². The lowest BCUT2D eigenvalue weighted by atomic mass is 9.54. The van der Waals surface area contributed by atoms with Crippen LogP contribution in [0.3, 0.4) is 0 Å². The number of esters is 1. The molecule has 6 aliphatic rings. The van der Waals surface area contributed by atoms with Crippen molar-refractivity contribution in [3.8, 4) is 5.75 Å². The average molecular weight is 1190 g/mol. The highest BCUT2D eigenvalue weighted by Crippen LogP contribution is 2.57. The Morgan fingerprint density at radius 3 is 1.96 bits per heavy atom. The fraction of sp³-hybridized carbons (Fsp3) is 0.746. The summed E-state index contributed by atoms with van der Waals surface area (Å²) in [6, 6.07) is 2.21. The van der Waals surface area contributed by atoms with Gasteiger partial charge in [0.1, 0.15) is 52.5 Å². The van der Waals surface area contributed by atoms with Crippen molar-refractivity contribution in [2.24, 2.45) is 41.2 Å². The summed E-state index contributed by atoms with van der Waals surface area (Å²) in [5.74, 6) is -14.6. The summed E-state index contributed by atoms with van der Waals surface area (Å²) in [5.41, 5.74) is -6.72. The molecule has 0 radical (unpaired) electrons. The van der Waals surface area contributed by atoms with Crippen LogP contribution in [-0.4, -0.2) is 233 Å². The molecule has 3 saturated heterocycles. The zero-order chi connectivity index (χ0) is 63.7. The van der Waals surface area contributed by atoms with Crippen LogP contribution in [0.2, 0.25) is 0 Å². The molecule has 0 aromatic heterocycles. The Morgan fingerprint density at radius 1 is 0.810 bits per heavy atom. The third-order valence-corrected chi connectivity index (χ3v) is 18.9. The first-order valence-corrected chi connectivity index (χ1v) is 28.6. The third kappa shape index (κ3) is 12.0. The summed E-state index contributed by atoms with van der Waals surface area (Å²) >= 11 is 0. The van der Waals surface area contributed by atoms with Gasteiger partial charge >= 0.3 is 5.97 Å². The molecule has 474 valence electrons. The number of ether oxygens (including phenoxy) is 6. The second kappa shape index (κ2) is 24.9. The molecular formula is C59H91N3O22. The van der Waals surface area contributed by atoms with Gasteiger partial charge in [-0.3, -0.25) is 28.9 Å². The highest BCUT2D eigenvalue weighted by molar-refractivity contribution is 6.25. The molecule has 7 rings (SSSR count). The summed E-state index contributed by atoms with van der Waals surface area (Å²) in [6.07, 6.45) is -11.6. The smallest absolute Gasteiger partial charge is 0.311 e. The van der Waals surface area contributed by atoms with Gasteiger partial charge in [0.15, 0.2) is 24.0 Å². The van der Waals surface area contributed by atoms with E-state index in [1.807, 2.05) is 25.9 Å². The van der Waals surface area contributed by atoms with E-state index in [-0.39, 0.29) is 42.5 Å². The lowest BCUT2D eigenvalue weighted by molar-refractivity contribution is -0.318. The van der Waals surface area contributed by atoms with E-state index < -0.39 is 189 Å². The van der Waals surface area contributed by atoms with E-state index in [4.69, 9.17) is 34.2 Å². The number of aliphatic hydroxyl groups excluding tert-OH is 6. The quantitative estimate of drug-likeness (QED) is 0.119. The first kappa shape index (κ1) is 68.6. The van der Waals surface area contributed by atoms with E-state index in [0.717, 1.165) is 0 Å². The Morgan fingerprint density at radius 2 is 1.42 bits per heavy atom. The predicted molar refractivity (Wildman–Crippen MR) is 297 cm³/mol. The van der Waals surface area contributed by atoms with Crippen molar-refractivity contribution in [3.05, 3.63) is 52.0 Å². The number of benzene rings is 1. The molecule has 3 heterocycles. The Hall–Kier alpha value is -4.55. The summed E-state index contributed by atoms with van der Waals surface area (Å²) in [6.45, 7) is 17.6. The number of ketones is 3. The molecule has 3 aliphatic heterocycles. The maximum absolute atomic E-state index is 14.1. The SMILES string of the molecule is CC[C@H]1OC(=O)[C@H](C)[C@@H](O[C@H]2C[C@@](C)(OC)[C@@H](O)[C@H](C)O2)[C@H](C)[C@@H](O[C@@H]2O[C@H](C)C[C@H](N(C)C)[C@H]2O)[C@](C)(O)C[C@@H](C)C(=O)[C@H](C)[C@@H](O)[C@]1(C)O.CN(C)[C@@H]1C(O)=C(C(N)=O)C(=O)[C@@]2(O)C(O)=C3C(=O)c4c(O)cccc4[C@@](C)(O)[C@H]3[C@H](O)[C@@H]12. The average Bonchev–Trinajstić information content (AvgIpc) is 0.838. The van der Waals surface area contributed by atoms with Crippen LogP contribution < -0.4 is 5.73 Å². The molecule has 13 N–H and O–H groups in total. The Balaban J connectivity index is 0.000000294. The number of cyclic esters (lactones) is 1. The van der Waals surface area contributed by atoms with Crippen molar-refractivity contribution >= 4 is 29.2 Å². The first-order chi connectivity index (χ1) is 38.6. The number of nitrogens with zero attached hydrogens (tertiary/aromatic N) is 2. The van der Waals surface area contributed by atoms with Crippen molar-refractivity contribution in [1.82, 2.24) is 9.80 Å². The van der Waals surface area contributed by atoms with Crippen LogP contribution in [0, 0.1) is 35.5 Å². The number of aliphatic hydroxyl groups is 10. The van der Waals surface area contributed by atoms with E-state index in [1.54, 1.807) is 41.5 Å². The number of amides is 1. The van der Waals surface area contributed by atoms with Crippen molar-refractivity contribution in [3.63, 3.8) is 0 Å². The molecule has 3 fully saturated rings. The highest BCUT2D eigenvalue weighted by atomic mass is 16.7. The molecule has 1 amide bonds. The number of carbonyl (C=O) groups excluding carboxylic acids is 5. The lowest BCUT2D eigenvalue weighted by Crippen LogP contribution is -2.70. The topological polar surface area (TPSA) is 396 Å². The number of hydrogen-bond donors (Lipinski definition) is 12. The van der Waals surface area contributed by atoms with Gasteiger partial charge in [0.05, 0.1) is 88.4 Å². The van der Waals surface area contributed by atoms with Gasteiger partial charge in [0, 0.05) is 37.3 Å². The predicted octanol–water partition coefficient (Wildman–Crippen LogP) is 0.542. The van der Waals surface area contributed by atoms with Gasteiger partial charge in [-0.2, -0.15) is 0 Å². The second-order valence-corrected chi connectivity index (χ2v) is 25.5. The fourth-order valence-electron chi connectivity index (χ4n) is 14.0. The minimum Gasteiger partial charge on any atom is -0.510 e. The van der Waals surface area contributed by atoms with Gasteiger partial charge < -0.3 is 95.2 Å². The number of aromatic hydroxyl groups is 1. The van der Waals surface area contributed by atoms with Crippen LogP contribution in [0.25, 0.3) is 0 Å². The summed E-state index contributed by atoms with van der Waals surface area (Å²) in [4.78, 5) is 69.6. The monoisotopic (exact) mass is 1190 g/mol. The number of likely N-dealkylation sites (N-methyl/N-ethyl adjacent to an activating group) is 2. The van der Waals surface area contributed by atoms with Crippen LogP contribution in [0.4, 0.5) is 0 Å². The molecule has 25 nitrogen and oxygen atoms in total. The second-order valence-electron chi connectivity index (χ2n) is 25.5. The van der Waals surface area contributed by atoms with Gasteiger partial charge in [0.25, 0.3) is 5.91 Å². The fourth-order valence-corrected chi connectivity index (χ4v) is 14.0. The number of phenolic OH excluding ortho intramolecular Hbond substituents is 1. The molecule has 1 aromatic carbocycles. The first-order valence-electron chi connectivity index (χ1n) is 28.6. The number of methoxy groups -OCH3 is 1. The molecule has 25 heteroatoms. The van der Waals surface area contributed by atoms with Gasteiger partial charge in [0.2, 0.25) is 5.78 Å². The Kier molecular flexibility index (Phi) is 20.3. The molecular weight excluding hydrogens is 1100 g/mol. The minimum absolute atomic E-state index is 0.0281. The summed E-state index contributed by atoms with van der Waals surface area (Å²) in [5, 5.41) is 124. The molecule has 3 aliphatic carbocycles. The van der Waals surface area contributed by atoms with Crippen LogP contribution >= 0.6 is 0 Å². The van der Waals surface area contributed by atoms with Crippen molar-refractivity contribution in [2.45, 2.75) is 209 Å². The van der Waals surface area contributed by atoms with Crippen molar-refractivity contribution in [1.29, 1.82) is 0 Å². The van der Waals surface area contributed by atoms with E-state index in [1.165, 1.54) is 72.0 Å². The van der Waals surface area contributed by atoms with E-state index >= 15 is 0 Å². The van der Waals surface area contributed by atoms with Crippen LogP contribution in [-0.2, 0) is 53.2 Å². The number of nitrogens with two attached hydrogens (primary N) is 1. The maximum atomic E-state index is 14.1. The number of phenols is 1. The zero-order valence-electron chi connectivity index (χ0n) is 50.9. The summed E-state index contributed by atoms with van der Waals surface area (Å²) < 4.78 is 37.1. The number of hydrogen-bond acceptors (Lipinski definition) is 24. The van der Waals surface area contributed by atoms with Crippen LogP contribution in [0.1, 0.15) is 118 Å². The molecule has 0 bridgehead atoms. The number of carbonyl (C=O) groups is 5. The van der Waals surface area contributed by atoms with Crippen molar-refractivity contribution in [2.75, 3.05) is 35.3 Å². The maximum Gasteiger partial charge on any atom is 0.311 e. The van der Waals surface area contributed by atoms with Crippen molar-refractivity contribution < 1.29 is 109 Å². The molecule has 1 aromatic rings. The third-order valence-electron chi connectivity index (χ3n) is 18.9. The number of fused-ring (bicyclic) bond motifs is 3. The van der Waals surface area contributed by atoms with Gasteiger partial charge in [-0.1, -0.05) is 39.8 Å². The number of Topliss-reactive ketones (excluding diaryl/α,β-unsaturated/α-hetero) is 3. The van der Waals surface area contributed by atoms with E-state index in [2.05, 4.69) is 0 Å².